The number of aromatic carboxylic acids is 1. The van der Waals surface area contributed by atoms with Gasteiger partial charge in [-0.25, -0.2) is 4.79 Å². The Morgan fingerprint density at radius 3 is 1.81 bits per heavy atom. The van der Waals surface area contributed by atoms with Crippen molar-refractivity contribution < 1.29 is 38.3 Å². The minimum atomic E-state index is -1.09. The molecular formula is C37H41BN6O9. The molecule has 16 heteroatoms. The third-order valence-corrected chi connectivity index (χ3v) is 9.06. The van der Waals surface area contributed by atoms with Crippen LogP contribution < -0.4 is 24.6 Å². The number of nitro groups is 1. The van der Waals surface area contributed by atoms with Gasteiger partial charge in [0.2, 0.25) is 0 Å². The van der Waals surface area contributed by atoms with Crippen LogP contribution in [0.4, 0.5) is 34.1 Å². The molecule has 0 saturated carbocycles. The van der Waals surface area contributed by atoms with Crippen LogP contribution in [0.25, 0.3) is 0 Å². The summed E-state index contributed by atoms with van der Waals surface area (Å²) < 4.78 is 29.4. The maximum absolute atomic E-state index is 12.0. The molecule has 1 heterocycles. The fourth-order valence-electron chi connectivity index (χ4n) is 5.31. The zero-order chi connectivity index (χ0) is 38.3. The summed E-state index contributed by atoms with van der Waals surface area (Å²) in [5.74, 6) is -0.0932. The molecule has 276 valence electrons. The Kier molecular flexibility index (Phi) is 11.7. The number of hydrogen-bond acceptors (Lipinski definition) is 13. The maximum atomic E-state index is 12.0. The Bertz CT molecular complexity index is 1990. The first-order valence-corrected chi connectivity index (χ1v) is 16.8. The van der Waals surface area contributed by atoms with Gasteiger partial charge in [0.1, 0.15) is 40.8 Å². The number of nitrogens with zero attached hydrogens (tertiary/aromatic N) is 6. The Hall–Kier alpha value is -5.87. The number of rotatable bonds is 15. The zero-order valence-electron chi connectivity index (χ0n) is 30.6. The lowest BCUT2D eigenvalue weighted by molar-refractivity contribution is -0.384. The molecule has 1 aliphatic rings. The third kappa shape index (κ3) is 8.96. The Morgan fingerprint density at radius 2 is 1.34 bits per heavy atom. The number of non-ortho nitro benzene ring substituents is 1. The van der Waals surface area contributed by atoms with Gasteiger partial charge in [-0.05, 0) is 88.6 Å². The second-order valence-corrected chi connectivity index (χ2v) is 13.0. The minimum Gasteiger partial charge on any atom is -0.494 e. The molecule has 53 heavy (non-hydrogen) atoms. The zero-order valence-corrected chi connectivity index (χ0v) is 30.6. The minimum absolute atomic E-state index is 0.0457. The summed E-state index contributed by atoms with van der Waals surface area (Å²) in [6.45, 7) is 11.3. The molecule has 1 aliphatic heterocycles. The number of anilines is 1. The lowest BCUT2D eigenvalue weighted by Gasteiger charge is -2.32. The number of carboxylic acids is 1. The highest BCUT2D eigenvalue weighted by molar-refractivity contribution is 6.62. The van der Waals surface area contributed by atoms with Crippen LogP contribution in [0.15, 0.2) is 99.3 Å². The number of methoxy groups -OCH3 is 2. The fourth-order valence-corrected chi connectivity index (χ4v) is 5.31. The molecule has 1 saturated heterocycles. The van der Waals surface area contributed by atoms with Gasteiger partial charge in [0.25, 0.3) is 5.69 Å². The van der Waals surface area contributed by atoms with E-state index in [1.54, 1.807) is 24.3 Å². The maximum Gasteiger partial charge on any atom is 0.494 e. The molecule has 0 aliphatic carbocycles. The lowest BCUT2D eigenvalue weighted by atomic mass is 9.78. The summed E-state index contributed by atoms with van der Waals surface area (Å²) in [7, 11) is 2.33. The summed E-state index contributed by atoms with van der Waals surface area (Å²) in [6.07, 6.45) is 0. The van der Waals surface area contributed by atoms with E-state index in [-0.39, 0.29) is 23.6 Å². The first kappa shape index (κ1) is 38.4. The van der Waals surface area contributed by atoms with Crippen LogP contribution in [0.5, 0.6) is 17.2 Å². The van der Waals surface area contributed by atoms with E-state index in [1.165, 1.54) is 44.6 Å². The van der Waals surface area contributed by atoms with E-state index >= 15 is 0 Å². The average Bonchev–Trinajstić information content (AvgIpc) is 3.37. The Balaban J connectivity index is 1.24. The van der Waals surface area contributed by atoms with Gasteiger partial charge in [-0.15, -0.1) is 10.2 Å². The normalized spacial score (nSPS) is 14.8. The third-order valence-electron chi connectivity index (χ3n) is 9.06. The molecule has 5 rings (SSSR count). The Labute approximate surface area is 307 Å². The standard InChI is InChI=1S/C37H41BN6O9/c1-8-43(19-20-51-32-21-24(9-18-29(32)35(45)46)38-52-36(2,3)37(4,5)53-38)27-14-10-25(11-15-27)39-41-30-22-34(50-7)31(23-33(30)49-6)42-40-26-12-16-28(17-13-26)44(47)48/h9-18,21-23H,8,19-20H2,1-7H3,(H,45,46). The molecule has 1 fully saturated rings. The number of carbonyl (C=O) groups is 1. The number of ether oxygens (including phenoxy) is 3. The molecule has 0 aromatic heterocycles. The summed E-state index contributed by atoms with van der Waals surface area (Å²) in [5.41, 5.74) is 2.31. The van der Waals surface area contributed by atoms with E-state index in [0.717, 1.165) is 5.69 Å². The molecule has 0 spiro atoms. The largest absolute Gasteiger partial charge is 0.494 e. The van der Waals surface area contributed by atoms with Crippen molar-refractivity contribution in [3.8, 4) is 17.2 Å². The van der Waals surface area contributed by atoms with Crippen molar-refractivity contribution in [2.24, 2.45) is 20.5 Å². The van der Waals surface area contributed by atoms with Crippen LogP contribution in [0.3, 0.4) is 0 Å². The van der Waals surface area contributed by atoms with Crippen molar-refractivity contribution in [1.82, 2.24) is 0 Å². The molecular weight excluding hydrogens is 683 g/mol. The monoisotopic (exact) mass is 724 g/mol. The molecule has 15 nitrogen and oxygen atoms in total. The predicted molar refractivity (Wildman–Crippen MR) is 200 cm³/mol. The average molecular weight is 725 g/mol. The van der Waals surface area contributed by atoms with E-state index in [0.29, 0.717) is 52.8 Å². The molecule has 4 aromatic rings. The van der Waals surface area contributed by atoms with Crippen molar-refractivity contribution in [1.29, 1.82) is 0 Å². The first-order chi connectivity index (χ1) is 25.2. The molecule has 0 atom stereocenters. The van der Waals surface area contributed by atoms with Crippen molar-refractivity contribution >= 4 is 52.7 Å². The van der Waals surface area contributed by atoms with E-state index in [2.05, 4.69) is 25.4 Å². The van der Waals surface area contributed by atoms with Gasteiger partial charge in [0, 0.05) is 36.5 Å². The number of benzene rings is 4. The smallest absolute Gasteiger partial charge is 0.494 e. The second kappa shape index (κ2) is 16.2. The van der Waals surface area contributed by atoms with E-state index in [9.17, 15) is 20.0 Å². The van der Waals surface area contributed by atoms with Gasteiger partial charge < -0.3 is 33.5 Å². The summed E-state index contributed by atoms with van der Waals surface area (Å²) in [6, 6.07) is 21.3. The summed E-state index contributed by atoms with van der Waals surface area (Å²) in [4.78, 5) is 24.5. The number of likely N-dealkylation sites (N-methyl/N-ethyl adjacent to an activating group) is 1. The SMILES string of the molecule is CCN(CCOc1cc(B2OC(C)(C)C(C)(C)O2)ccc1C(=O)O)c1ccc(N=Nc2cc(OC)c(N=Nc3ccc([N+](=O)[O-])cc3)cc2OC)cc1. The van der Waals surface area contributed by atoms with Crippen LogP contribution >= 0.6 is 0 Å². The topological polar surface area (TPSA) is 179 Å². The second-order valence-electron chi connectivity index (χ2n) is 13.0. The highest BCUT2D eigenvalue weighted by Crippen LogP contribution is 2.41. The van der Waals surface area contributed by atoms with Crippen LogP contribution in [0.2, 0.25) is 0 Å². The molecule has 0 radical (unpaired) electrons. The van der Waals surface area contributed by atoms with E-state index in [1.807, 2.05) is 58.9 Å². The molecule has 0 bridgehead atoms. The van der Waals surface area contributed by atoms with Crippen molar-refractivity contribution in [3.63, 3.8) is 0 Å². The van der Waals surface area contributed by atoms with Gasteiger partial charge in [-0.1, -0.05) is 6.07 Å². The molecule has 1 N–H and O–H groups in total. The van der Waals surface area contributed by atoms with Gasteiger partial charge >= 0.3 is 13.1 Å². The van der Waals surface area contributed by atoms with Crippen molar-refractivity contribution in [2.75, 3.05) is 38.8 Å². The van der Waals surface area contributed by atoms with E-state index in [4.69, 9.17) is 23.5 Å². The van der Waals surface area contributed by atoms with Crippen molar-refractivity contribution in [3.05, 3.63) is 94.5 Å². The van der Waals surface area contributed by atoms with Crippen LogP contribution in [0.1, 0.15) is 45.0 Å². The highest BCUT2D eigenvalue weighted by Gasteiger charge is 2.51. The van der Waals surface area contributed by atoms with Gasteiger partial charge in [-0.3, -0.25) is 10.1 Å². The van der Waals surface area contributed by atoms with E-state index < -0.39 is 29.2 Å². The molecule has 4 aromatic carbocycles. The van der Waals surface area contributed by atoms with Gasteiger partial charge in [0.05, 0.1) is 48.3 Å². The number of hydrogen-bond donors (Lipinski definition) is 1. The quantitative estimate of drug-likeness (QED) is 0.0542. The number of nitro benzene ring substituents is 1. The molecule has 0 unspecified atom stereocenters. The molecule has 0 amide bonds. The predicted octanol–water partition coefficient (Wildman–Crippen LogP) is 8.35. The number of azo groups is 2. The van der Waals surface area contributed by atoms with Crippen LogP contribution in [-0.2, 0) is 9.31 Å². The summed E-state index contributed by atoms with van der Waals surface area (Å²) in [5, 5.41) is 37.9. The Morgan fingerprint density at radius 1 is 0.811 bits per heavy atom. The fraction of sp³-hybridized carbons (Fsp3) is 0.324. The highest BCUT2D eigenvalue weighted by atomic mass is 16.7. The van der Waals surface area contributed by atoms with Crippen molar-refractivity contribution in [2.45, 2.75) is 45.8 Å². The van der Waals surface area contributed by atoms with Gasteiger partial charge in [-0.2, -0.15) is 10.2 Å². The first-order valence-electron chi connectivity index (χ1n) is 16.8. The van der Waals surface area contributed by atoms with Crippen LogP contribution in [0, 0.1) is 10.1 Å². The number of carboxylic acid groups (broad SMARTS) is 1. The summed E-state index contributed by atoms with van der Waals surface area (Å²) >= 11 is 0. The lowest BCUT2D eigenvalue weighted by Crippen LogP contribution is -2.41. The van der Waals surface area contributed by atoms with Gasteiger partial charge in [0.15, 0.2) is 0 Å². The van der Waals surface area contributed by atoms with Crippen LogP contribution in [-0.4, -0.2) is 68.2 Å².